The molecule has 2 aromatic heterocycles. The molecule has 0 amide bonds. The van der Waals surface area contributed by atoms with Gasteiger partial charge >= 0.3 is 0 Å². The lowest BCUT2D eigenvalue weighted by Gasteiger charge is -2.13. The number of nitrogens with zero attached hydrogens (tertiary/aromatic N) is 3. The molecule has 0 aliphatic heterocycles. The van der Waals surface area contributed by atoms with E-state index < -0.39 is 0 Å². The molecule has 7 aromatic carbocycles. The Kier molecular flexibility index (Phi) is 5.20. The van der Waals surface area contributed by atoms with E-state index in [-0.39, 0.29) is 0 Å². The van der Waals surface area contributed by atoms with Crippen molar-refractivity contribution in [3.05, 3.63) is 152 Å². The van der Waals surface area contributed by atoms with Gasteiger partial charge in [0.05, 0.1) is 16.6 Å². The predicted molar refractivity (Wildman–Crippen MR) is 180 cm³/mol. The van der Waals surface area contributed by atoms with Crippen molar-refractivity contribution in [1.82, 2.24) is 14.5 Å². The first-order chi connectivity index (χ1) is 21.3. The standard InChI is InChI=1S/C40H25N3/c1-2-12-30-25-38-35(24-29(30)11-1)33-15-6-8-19-37(33)43(38)40-34-16-5-7-18-36(34)41-39(42-40)28-22-20-27(21-23-28)32-17-9-13-26-10-3-4-14-31(26)32/h1-25H. The first-order valence-corrected chi connectivity index (χ1v) is 14.6. The molecular weight excluding hydrogens is 522 g/mol. The highest BCUT2D eigenvalue weighted by atomic mass is 15.1. The summed E-state index contributed by atoms with van der Waals surface area (Å²) in [4.78, 5) is 10.4. The third-order valence-electron chi connectivity index (χ3n) is 8.58. The molecule has 0 atom stereocenters. The Morgan fingerprint density at radius 3 is 1.86 bits per heavy atom. The van der Waals surface area contributed by atoms with E-state index in [2.05, 4.69) is 150 Å². The van der Waals surface area contributed by atoms with Gasteiger partial charge in [-0.1, -0.05) is 121 Å². The molecule has 0 saturated heterocycles. The van der Waals surface area contributed by atoms with Crippen molar-refractivity contribution in [3.63, 3.8) is 0 Å². The molecule has 0 spiro atoms. The number of benzene rings is 7. The zero-order valence-electron chi connectivity index (χ0n) is 23.3. The molecule has 2 heterocycles. The van der Waals surface area contributed by atoms with Gasteiger partial charge < -0.3 is 0 Å². The monoisotopic (exact) mass is 547 g/mol. The van der Waals surface area contributed by atoms with Crippen molar-refractivity contribution in [2.75, 3.05) is 0 Å². The fourth-order valence-corrected chi connectivity index (χ4v) is 6.52. The number of hydrogen-bond donors (Lipinski definition) is 0. The average molecular weight is 548 g/mol. The molecule has 3 nitrogen and oxygen atoms in total. The van der Waals surface area contributed by atoms with E-state index in [1.165, 1.54) is 43.4 Å². The molecular formula is C40H25N3. The summed E-state index contributed by atoms with van der Waals surface area (Å²) in [6.07, 6.45) is 0. The fraction of sp³-hybridized carbons (Fsp3) is 0. The van der Waals surface area contributed by atoms with Crippen LogP contribution in [0, 0.1) is 0 Å². The number of para-hydroxylation sites is 2. The highest BCUT2D eigenvalue weighted by Gasteiger charge is 2.18. The van der Waals surface area contributed by atoms with Gasteiger partial charge in [0.1, 0.15) is 5.82 Å². The summed E-state index contributed by atoms with van der Waals surface area (Å²) in [5, 5.41) is 8.39. The Morgan fingerprint density at radius 1 is 0.395 bits per heavy atom. The van der Waals surface area contributed by atoms with Crippen molar-refractivity contribution in [1.29, 1.82) is 0 Å². The topological polar surface area (TPSA) is 30.7 Å². The summed E-state index contributed by atoms with van der Waals surface area (Å²) in [5.74, 6) is 1.60. The summed E-state index contributed by atoms with van der Waals surface area (Å²) in [7, 11) is 0. The predicted octanol–water partition coefficient (Wildman–Crippen LogP) is 10.4. The Balaban J connectivity index is 1.27. The van der Waals surface area contributed by atoms with Crippen LogP contribution in [0.15, 0.2) is 152 Å². The summed E-state index contributed by atoms with van der Waals surface area (Å²) in [6.45, 7) is 0. The Labute approximate surface area is 248 Å². The van der Waals surface area contributed by atoms with E-state index in [1.54, 1.807) is 0 Å². The molecule has 0 unspecified atom stereocenters. The molecule has 3 heteroatoms. The van der Waals surface area contributed by atoms with Crippen molar-refractivity contribution in [2.45, 2.75) is 0 Å². The van der Waals surface area contributed by atoms with Crippen LogP contribution in [0.3, 0.4) is 0 Å². The van der Waals surface area contributed by atoms with Gasteiger partial charge in [0.15, 0.2) is 5.82 Å². The molecule has 200 valence electrons. The second-order valence-corrected chi connectivity index (χ2v) is 11.1. The van der Waals surface area contributed by atoms with Gasteiger partial charge in [-0.3, -0.25) is 4.57 Å². The molecule has 0 radical (unpaired) electrons. The van der Waals surface area contributed by atoms with Gasteiger partial charge in [0.2, 0.25) is 0 Å². The van der Waals surface area contributed by atoms with Gasteiger partial charge in [0.25, 0.3) is 0 Å². The van der Waals surface area contributed by atoms with E-state index in [9.17, 15) is 0 Å². The summed E-state index contributed by atoms with van der Waals surface area (Å²) in [6, 6.07) is 53.8. The second kappa shape index (κ2) is 9.37. The maximum absolute atomic E-state index is 5.30. The first kappa shape index (κ1) is 23.9. The molecule has 0 N–H and O–H groups in total. The number of rotatable bonds is 3. The highest BCUT2D eigenvalue weighted by Crippen LogP contribution is 2.37. The van der Waals surface area contributed by atoms with Crippen LogP contribution in [0.2, 0.25) is 0 Å². The SMILES string of the molecule is c1ccc2cc3c(cc2c1)c1ccccc1n3-c1nc(-c2ccc(-c3cccc4ccccc34)cc2)nc2ccccc12. The largest absolute Gasteiger partial charge is 0.293 e. The van der Waals surface area contributed by atoms with Crippen LogP contribution in [0.4, 0.5) is 0 Å². The Hall–Kier alpha value is -5.80. The third-order valence-corrected chi connectivity index (χ3v) is 8.58. The smallest absolute Gasteiger partial charge is 0.162 e. The molecule has 9 rings (SSSR count). The van der Waals surface area contributed by atoms with E-state index in [1.807, 2.05) is 6.07 Å². The van der Waals surface area contributed by atoms with Crippen LogP contribution < -0.4 is 0 Å². The second-order valence-electron chi connectivity index (χ2n) is 11.1. The first-order valence-electron chi connectivity index (χ1n) is 14.6. The third kappa shape index (κ3) is 3.75. The van der Waals surface area contributed by atoms with Gasteiger partial charge in [0, 0.05) is 21.7 Å². The van der Waals surface area contributed by atoms with Crippen molar-refractivity contribution >= 4 is 54.3 Å². The summed E-state index contributed by atoms with van der Waals surface area (Å²) in [5.41, 5.74) is 6.59. The van der Waals surface area contributed by atoms with Gasteiger partial charge in [-0.2, -0.15) is 0 Å². The van der Waals surface area contributed by atoms with Gasteiger partial charge in [-0.25, -0.2) is 9.97 Å². The minimum Gasteiger partial charge on any atom is -0.293 e. The van der Waals surface area contributed by atoms with E-state index in [4.69, 9.17) is 9.97 Å². The zero-order chi connectivity index (χ0) is 28.3. The molecule has 0 bridgehead atoms. The zero-order valence-corrected chi connectivity index (χ0v) is 23.3. The number of hydrogen-bond acceptors (Lipinski definition) is 2. The van der Waals surface area contributed by atoms with Crippen molar-refractivity contribution < 1.29 is 0 Å². The molecule has 43 heavy (non-hydrogen) atoms. The Bertz CT molecular complexity index is 2500. The summed E-state index contributed by atoms with van der Waals surface area (Å²) < 4.78 is 2.31. The van der Waals surface area contributed by atoms with Crippen LogP contribution >= 0.6 is 0 Å². The van der Waals surface area contributed by atoms with Crippen molar-refractivity contribution in [3.8, 4) is 28.3 Å². The summed E-state index contributed by atoms with van der Waals surface area (Å²) >= 11 is 0. The molecule has 0 saturated carbocycles. The van der Waals surface area contributed by atoms with Crippen LogP contribution in [0.5, 0.6) is 0 Å². The van der Waals surface area contributed by atoms with Crippen LogP contribution in [-0.2, 0) is 0 Å². The maximum atomic E-state index is 5.30. The minimum atomic E-state index is 0.713. The quantitative estimate of drug-likeness (QED) is 0.220. The molecule has 0 aliphatic rings. The van der Waals surface area contributed by atoms with Gasteiger partial charge in [-0.15, -0.1) is 0 Å². The number of fused-ring (bicyclic) bond motifs is 6. The van der Waals surface area contributed by atoms with Gasteiger partial charge in [-0.05, 0) is 63.0 Å². The lowest BCUT2D eigenvalue weighted by atomic mass is 9.97. The fourth-order valence-electron chi connectivity index (χ4n) is 6.52. The van der Waals surface area contributed by atoms with Crippen LogP contribution in [-0.4, -0.2) is 14.5 Å². The minimum absolute atomic E-state index is 0.713. The van der Waals surface area contributed by atoms with E-state index in [0.29, 0.717) is 5.82 Å². The molecule has 0 aliphatic carbocycles. The van der Waals surface area contributed by atoms with E-state index in [0.717, 1.165) is 33.3 Å². The average Bonchev–Trinajstić information content (AvgIpc) is 3.39. The molecule has 9 aromatic rings. The lowest BCUT2D eigenvalue weighted by molar-refractivity contribution is 1.08. The van der Waals surface area contributed by atoms with Crippen molar-refractivity contribution in [2.24, 2.45) is 0 Å². The molecule has 0 fully saturated rings. The van der Waals surface area contributed by atoms with Crippen LogP contribution in [0.25, 0.3) is 82.6 Å². The van der Waals surface area contributed by atoms with Crippen LogP contribution in [0.1, 0.15) is 0 Å². The number of aromatic nitrogens is 3. The maximum Gasteiger partial charge on any atom is 0.162 e. The lowest BCUT2D eigenvalue weighted by Crippen LogP contribution is -2.02. The van der Waals surface area contributed by atoms with E-state index >= 15 is 0 Å². The normalized spacial score (nSPS) is 11.7. The Morgan fingerprint density at radius 2 is 1.02 bits per heavy atom. The highest BCUT2D eigenvalue weighted by molar-refractivity contribution is 6.14.